The molecule has 160 valence electrons. The summed E-state index contributed by atoms with van der Waals surface area (Å²) >= 11 is 0. The van der Waals surface area contributed by atoms with E-state index in [1.165, 1.54) is 18.2 Å². The number of rotatable bonds is 7. The minimum atomic E-state index is -0.549. The topological polar surface area (TPSA) is 85.2 Å². The smallest absolute Gasteiger partial charge is 0.262 e. The Morgan fingerprint density at radius 3 is 2.41 bits per heavy atom. The summed E-state index contributed by atoms with van der Waals surface area (Å²) in [7, 11) is 0. The molecule has 0 atom stereocenters. The van der Waals surface area contributed by atoms with E-state index in [-0.39, 0.29) is 23.6 Å². The first-order valence-electron chi connectivity index (χ1n) is 9.79. The second-order valence-electron chi connectivity index (χ2n) is 6.75. The predicted octanol–water partition coefficient (Wildman–Crippen LogP) is 4.28. The van der Waals surface area contributed by atoms with Gasteiger partial charge in [-0.05, 0) is 36.4 Å². The maximum atomic E-state index is 13.7. The van der Waals surface area contributed by atoms with Crippen LogP contribution in [0, 0.1) is 5.82 Å². The van der Waals surface area contributed by atoms with E-state index < -0.39 is 17.6 Å². The first kappa shape index (κ1) is 20.8. The van der Waals surface area contributed by atoms with Crippen molar-refractivity contribution in [3.05, 3.63) is 103 Å². The molecule has 0 aliphatic heterocycles. The van der Waals surface area contributed by atoms with Crippen molar-refractivity contribution in [3.8, 4) is 11.4 Å². The molecular formula is C24H19FN4O3. The summed E-state index contributed by atoms with van der Waals surface area (Å²) < 4.78 is 20.9. The summed E-state index contributed by atoms with van der Waals surface area (Å²) in [6.45, 7) is -0.388. The quantitative estimate of drug-likeness (QED) is 0.458. The van der Waals surface area contributed by atoms with Crippen LogP contribution in [0.5, 0.6) is 5.75 Å². The van der Waals surface area contributed by atoms with Crippen molar-refractivity contribution in [2.45, 2.75) is 0 Å². The molecule has 0 radical (unpaired) electrons. The summed E-state index contributed by atoms with van der Waals surface area (Å²) in [5.74, 6) is -0.946. The van der Waals surface area contributed by atoms with Gasteiger partial charge in [0.1, 0.15) is 11.6 Å². The van der Waals surface area contributed by atoms with Gasteiger partial charge in [-0.15, -0.1) is 0 Å². The van der Waals surface area contributed by atoms with Gasteiger partial charge >= 0.3 is 0 Å². The summed E-state index contributed by atoms with van der Waals surface area (Å²) in [6.07, 6.45) is 1.74. The molecule has 0 aliphatic carbocycles. The van der Waals surface area contributed by atoms with Gasteiger partial charge in [0.05, 0.1) is 16.9 Å². The van der Waals surface area contributed by atoms with Gasteiger partial charge in [0, 0.05) is 12.3 Å². The normalized spacial score (nSPS) is 10.4. The highest BCUT2D eigenvalue weighted by molar-refractivity contribution is 6.05. The van der Waals surface area contributed by atoms with E-state index >= 15 is 0 Å². The predicted molar refractivity (Wildman–Crippen MR) is 118 cm³/mol. The van der Waals surface area contributed by atoms with Crippen molar-refractivity contribution in [2.75, 3.05) is 17.2 Å². The number of ether oxygens (including phenoxy) is 1. The van der Waals surface area contributed by atoms with Gasteiger partial charge in [0.2, 0.25) is 0 Å². The molecule has 0 bridgehead atoms. The van der Waals surface area contributed by atoms with Gasteiger partial charge < -0.3 is 15.4 Å². The van der Waals surface area contributed by atoms with Gasteiger partial charge in [-0.3, -0.25) is 9.59 Å². The minimum Gasteiger partial charge on any atom is -0.483 e. The SMILES string of the molecule is O=C(COc1ccccc1C(=O)Nc1ccn(-c2ccccc2)n1)Nc1ccccc1F. The van der Waals surface area contributed by atoms with Crippen molar-refractivity contribution in [3.63, 3.8) is 0 Å². The van der Waals surface area contributed by atoms with Gasteiger partial charge in [-0.2, -0.15) is 5.10 Å². The largest absolute Gasteiger partial charge is 0.483 e. The van der Waals surface area contributed by atoms with Gasteiger partial charge in [-0.25, -0.2) is 9.07 Å². The lowest BCUT2D eigenvalue weighted by atomic mass is 10.2. The molecule has 0 saturated carbocycles. The van der Waals surface area contributed by atoms with Gasteiger partial charge in [-0.1, -0.05) is 42.5 Å². The third kappa shape index (κ3) is 4.99. The molecule has 8 heteroatoms. The van der Waals surface area contributed by atoms with Crippen LogP contribution in [0.2, 0.25) is 0 Å². The Labute approximate surface area is 183 Å². The van der Waals surface area contributed by atoms with Crippen LogP contribution in [0.3, 0.4) is 0 Å². The number of halogens is 1. The molecule has 2 amide bonds. The van der Waals surface area contributed by atoms with E-state index in [2.05, 4.69) is 15.7 Å². The van der Waals surface area contributed by atoms with Crippen LogP contribution < -0.4 is 15.4 Å². The first-order chi connectivity index (χ1) is 15.6. The number of aromatic nitrogens is 2. The average molecular weight is 430 g/mol. The number of nitrogens with zero attached hydrogens (tertiary/aromatic N) is 2. The lowest BCUT2D eigenvalue weighted by molar-refractivity contribution is -0.118. The number of hydrogen-bond acceptors (Lipinski definition) is 4. The molecule has 3 aromatic carbocycles. The van der Waals surface area contributed by atoms with E-state index in [0.29, 0.717) is 5.82 Å². The molecule has 4 rings (SSSR count). The number of nitrogens with one attached hydrogen (secondary N) is 2. The molecule has 1 aromatic heterocycles. The average Bonchev–Trinajstić information content (AvgIpc) is 3.28. The van der Waals surface area contributed by atoms with E-state index in [4.69, 9.17) is 4.74 Å². The molecular weight excluding hydrogens is 411 g/mol. The number of anilines is 2. The summed E-state index contributed by atoms with van der Waals surface area (Å²) in [5.41, 5.74) is 1.15. The number of para-hydroxylation sites is 3. The third-order valence-corrected chi connectivity index (χ3v) is 4.49. The second kappa shape index (κ2) is 9.57. The van der Waals surface area contributed by atoms with E-state index in [9.17, 15) is 14.0 Å². The summed E-state index contributed by atoms with van der Waals surface area (Å²) in [6, 6.07) is 23.5. The van der Waals surface area contributed by atoms with Crippen LogP contribution in [-0.4, -0.2) is 28.2 Å². The van der Waals surface area contributed by atoms with Crippen molar-refractivity contribution in [2.24, 2.45) is 0 Å². The minimum absolute atomic E-state index is 0.0566. The number of benzene rings is 3. The highest BCUT2D eigenvalue weighted by Gasteiger charge is 2.15. The van der Waals surface area contributed by atoms with Crippen LogP contribution in [0.25, 0.3) is 5.69 Å². The fraction of sp³-hybridized carbons (Fsp3) is 0.0417. The Morgan fingerprint density at radius 2 is 1.59 bits per heavy atom. The van der Waals surface area contributed by atoms with E-state index in [0.717, 1.165) is 5.69 Å². The maximum Gasteiger partial charge on any atom is 0.262 e. The van der Waals surface area contributed by atoms with Crippen LogP contribution in [-0.2, 0) is 4.79 Å². The summed E-state index contributed by atoms with van der Waals surface area (Å²) in [4.78, 5) is 24.9. The van der Waals surface area contributed by atoms with Crippen LogP contribution in [0.4, 0.5) is 15.9 Å². The molecule has 0 saturated heterocycles. The highest BCUT2D eigenvalue weighted by Crippen LogP contribution is 2.20. The lowest BCUT2D eigenvalue weighted by Crippen LogP contribution is -2.22. The lowest BCUT2D eigenvalue weighted by Gasteiger charge is -2.11. The van der Waals surface area contributed by atoms with E-state index in [1.807, 2.05) is 30.3 Å². The van der Waals surface area contributed by atoms with Crippen molar-refractivity contribution in [1.29, 1.82) is 0 Å². The molecule has 0 fully saturated rings. The molecule has 7 nitrogen and oxygen atoms in total. The van der Waals surface area contributed by atoms with Crippen LogP contribution in [0.1, 0.15) is 10.4 Å². The van der Waals surface area contributed by atoms with Crippen molar-refractivity contribution >= 4 is 23.3 Å². The fourth-order valence-electron chi connectivity index (χ4n) is 2.97. The fourth-order valence-corrected chi connectivity index (χ4v) is 2.97. The van der Waals surface area contributed by atoms with Gasteiger partial charge in [0.25, 0.3) is 11.8 Å². The monoisotopic (exact) mass is 430 g/mol. The Morgan fingerprint density at radius 1 is 0.875 bits per heavy atom. The zero-order valence-corrected chi connectivity index (χ0v) is 16.9. The Bertz CT molecular complexity index is 1240. The molecule has 2 N–H and O–H groups in total. The van der Waals surface area contributed by atoms with Gasteiger partial charge in [0.15, 0.2) is 12.4 Å². The number of carbonyl (C=O) groups is 2. The molecule has 0 spiro atoms. The molecule has 4 aromatic rings. The third-order valence-electron chi connectivity index (χ3n) is 4.49. The van der Waals surface area contributed by atoms with Crippen LogP contribution >= 0.6 is 0 Å². The zero-order valence-electron chi connectivity index (χ0n) is 16.9. The van der Waals surface area contributed by atoms with Crippen molar-refractivity contribution < 1.29 is 18.7 Å². The number of amides is 2. The van der Waals surface area contributed by atoms with Crippen LogP contribution in [0.15, 0.2) is 91.1 Å². The Kier molecular flexibility index (Phi) is 6.22. The molecule has 1 heterocycles. The number of hydrogen-bond donors (Lipinski definition) is 2. The summed E-state index contributed by atoms with van der Waals surface area (Å²) in [5, 5.41) is 9.51. The Hall–Kier alpha value is -4.46. The molecule has 0 unspecified atom stereocenters. The number of carbonyl (C=O) groups excluding carboxylic acids is 2. The molecule has 32 heavy (non-hydrogen) atoms. The zero-order chi connectivity index (χ0) is 22.3. The molecule has 0 aliphatic rings. The second-order valence-corrected chi connectivity index (χ2v) is 6.75. The first-order valence-corrected chi connectivity index (χ1v) is 9.79. The standard InChI is InChI=1S/C24H19FN4O3/c25-19-11-5-6-12-20(19)26-23(30)16-32-21-13-7-4-10-18(21)24(31)27-22-14-15-29(28-22)17-8-2-1-3-9-17/h1-15H,16H2,(H,26,30)(H,27,28,31). The van der Waals surface area contributed by atoms with Crippen molar-refractivity contribution in [1.82, 2.24) is 9.78 Å². The maximum absolute atomic E-state index is 13.7. The Balaban J connectivity index is 1.41. The van der Waals surface area contributed by atoms with E-state index in [1.54, 1.807) is 47.3 Å². The highest BCUT2D eigenvalue weighted by atomic mass is 19.1.